The molecule has 0 aromatic heterocycles. The van der Waals surface area contributed by atoms with Crippen LogP contribution in [-0.2, 0) is 19.6 Å². The summed E-state index contributed by atoms with van der Waals surface area (Å²) in [6.45, 7) is 3.14. The quantitative estimate of drug-likeness (QED) is 0.636. The van der Waals surface area contributed by atoms with Crippen molar-refractivity contribution in [3.05, 3.63) is 58.1 Å². The molecule has 1 amide bonds. The predicted octanol–water partition coefficient (Wildman–Crippen LogP) is 3.48. The van der Waals surface area contributed by atoms with Gasteiger partial charge in [-0.1, -0.05) is 23.2 Å². The second-order valence-electron chi connectivity index (χ2n) is 5.98. The van der Waals surface area contributed by atoms with Crippen molar-refractivity contribution in [2.45, 2.75) is 24.8 Å². The lowest BCUT2D eigenvalue weighted by atomic mass is 10.2. The van der Waals surface area contributed by atoms with Gasteiger partial charge in [0.1, 0.15) is 11.4 Å². The molecule has 150 valence electrons. The Kier molecular flexibility index (Phi) is 7.29. The molecule has 0 heterocycles. The molecule has 0 fully saturated rings. The second-order valence-corrected chi connectivity index (χ2v) is 8.47. The van der Waals surface area contributed by atoms with Crippen LogP contribution in [0, 0.1) is 0 Å². The highest BCUT2D eigenvalue weighted by molar-refractivity contribution is 7.92. The Hall–Kier alpha value is -2.29. The molecular formula is C18H18Cl2N2O5S. The third kappa shape index (κ3) is 6.12. The van der Waals surface area contributed by atoms with Crippen molar-refractivity contribution < 1.29 is 22.7 Å². The average Bonchev–Trinajstić information content (AvgIpc) is 2.61. The summed E-state index contributed by atoms with van der Waals surface area (Å²) < 4.78 is 32.2. The van der Waals surface area contributed by atoms with E-state index < -0.39 is 21.9 Å². The van der Waals surface area contributed by atoms with Gasteiger partial charge in [0.15, 0.2) is 0 Å². The van der Waals surface area contributed by atoms with Crippen LogP contribution in [0.25, 0.3) is 0 Å². The van der Waals surface area contributed by atoms with Crippen LogP contribution in [0.5, 0.6) is 0 Å². The van der Waals surface area contributed by atoms with E-state index in [9.17, 15) is 18.0 Å². The SMILES string of the molecule is CC(C)OC(=O)CNC(=O)c1ccc(NS(=O)(=O)c2cc(Cl)ccc2Cl)cc1. The molecule has 0 saturated carbocycles. The molecule has 0 unspecified atom stereocenters. The van der Waals surface area contributed by atoms with Crippen molar-refractivity contribution in [3.8, 4) is 0 Å². The minimum absolute atomic E-state index is 0.0289. The maximum absolute atomic E-state index is 12.5. The van der Waals surface area contributed by atoms with Crippen LogP contribution < -0.4 is 10.0 Å². The van der Waals surface area contributed by atoms with Gasteiger partial charge in [0.2, 0.25) is 0 Å². The Balaban J connectivity index is 2.05. The molecule has 28 heavy (non-hydrogen) atoms. The number of sulfonamides is 1. The van der Waals surface area contributed by atoms with E-state index in [-0.39, 0.29) is 38.8 Å². The molecule has 0 bridgehead atoms. The first kappa shape index (κ1) is 22.0. The van der Waals surface area contributed by atoms with Gasteiger partial charge in [-0.3, -0.25) is 14.3 Å². The van der Waals surface area contributed by atoms with Gasteiger partial charge < -0.3 is 10.1 Å². The number of hydrogen-bond acceptors (Lipinski definition) is 5. The number of halogens is 2. The summed E-state index contributed by atoms with van der Waals surface area (Å²) in [7, 11) is -3.96. The second kappa shape index (κ2) is 9.27. The summed E-state index contributed by atoms with van der Waals surface area (Å²) in [4.78, 5) is 23.3. The van der Waals surface area contributed by atoms with Crippen LogP contribution in [0.15, 0.2) is 47.4 Å². The highest BCUT2D eigenvalue weighted by atomic mass is 35.5. The molecule has 0 atom stereocenters. The third-order valence-electron chi connectivity index (χ3n) is 3.34. The fraction of sp³-hybridized carbons (Fsp3) is 0.222. The van der Waals surface area contributed by atoms with Crippen LogP contribution in [0.2, 0.25) is 10.0 Å². The van der Waals surface area contributed by atoms with E-state index in [4.69, 9.17) is 27.9 Å². The number of amides is 1. The monoisotopic (exact) mass is 444 g/mol. The molecule has 0 aliphatic heterocycles. The van der Waals surface area contributed by atoms with Crippen LogP contribution in [0.4, 0.5) is 5.69 Å². The maximum atomic E-state index is 12.5. The minimum atomic E-state index is -3.96. The first-order valence-corrected chi connectivity index (χ1v) is 10.4. The Morgan fingerprint density at radius 1 is 1.07 bits per heavy atom. The van der Waals surface area contributed by atoms with Crippen molar-refractivity contribution in [1.29, 1.82) is 0 Å². The minimum Gasteiger partial charge on any atom is -0.462 e. The molecule has 0 saturated heterocycles. The standard InChI is InChI=1S/C18H18Cl2N2O5S/c1-11(2)27-17(23)10-21-18(24)12-3-6-14(7-4-12)22-28(25,26)16-9-13(19)5-8-15(16)20/h3-9,11,22H,10H2,1-2H3,(H,21,24). The Labute approximate surface area is 173 Å². The zero-order valence-corrected chi connectivity index (χ0v) is 17.4. The number of anilines is 1. The smallest absolute Gasteiger partial charge is 0.325 e. The summed E-state index contributed by atoms with van der Waals surface area (Å²) in [5.74, 6) is -1.04. The Morgan fingerprint density at radius 3 is 2.32 bits per heavy atom. The predicted molar refractivity (Wildman–Crippen MR) is 107 cm³/mol. The normalized spacial score (nSPS) is 11.2. The molecule has 2 aromatic carbocycles. The molecule has 2 aromatic rings. The number of carbonyl (C=O) groups is 2. The molecular weight excluding hydrogens is 427 g/mol. The van der Waals surface area contributed by atoms with E-state index in [2.05, 4.69) is 10.0 Å². The first-order valence-electron chi connectivity index (χ1n) is 8.14. The Bertz CT molecular complexity index is 976. The van der Waals surface area contributed by atoms with E-state index in [0.29, 0.717) is 0 Å². The summed E-state index contributed by atoms with van der Waals surface area (Å²) in [5.41, 5.74) is 0.480. The topological polar surface area (TPSA) is 102 Å². The van der Waals surface area contributed by atoms with E-state index in [0.717, 1.165) is 0 Å². The highest BCUT2D eigenvalue weighted by Crippen LogP contribution is 2.26. The van der Waals surface area contributed by atoms with E-state index >= 15 is 0 Å². The van der Waals surface area contributed by atoms with E-state index in [1.54, 1.807) is 13.8 Å². The van der Waals surface area contributed by atoms with Crippen molar-refractivity contribution in [2.24, 2.45) is 0 Å². The lowest BCUT2D eigenvalue weighted by molar-refractivity contribution is -0.146. The van der Waals surface area contributed by atoms with Crippen LogP contribution in [0.1, 0.15) is 24.2 Å². The molecule has 0 aliphatic rings. The molecule has 2 rings (SSSR count). The van der Waals surface area contributed by atoms with Gasteiger partial charge in [0.25, 0.3) is 15.9 Å². The number of rotatable bonds is 7. The van der Waals surface area contributed by atoms with Gasteiger partial charge in [-0.25, -0.2) is 8.42 Å². The van der Waals surface area contributed by atoms with Crippen LogP contribution in [0.3, 0.4) is 0 Å². The van der Waals surface area contributed by atoms with Crippen molar-refractivity contribution in [3.63, 3.8) is 0 Å². The number of esters is 1. The number of ether oxygens (including phenoxy) is 1. The summed E-state index contributed by atoms with van der Waals surface area (Å²) >= 11 is 11.8. The summed E-state index contributed by atoms with van der Waals surface area (Å²) in [6, 6.07) is 9.77. The van der Waals surface area contributed by atoms with Gasteiger partial charge in [0, 0.05) is 16.3 Å². The fourth-order valence-corrected chi connectivity index (χ4v) is 3.96. The molecule has 0 radical (unpaired) electrons. The third-order valence-corrected chi connectivity index (χ3v) is 5.44. The summed E-state index contributed by atoms with van der Waals surface area (Å²) in [6.07, 6.45) is -0.273. The molecule has 0 aliphatic carbocycles. The lowest BCUT2D eigenvalue weighted by Crippen LogP contribution is -2.31. The molecule has 7 nitrogen and oxygen atoms in total. The van der Waals surface area contributed by atoms with Crippen molar-refractivity contribution in [1.82, 2.24) is 5.32 Å². The van der Waals surface area contributed by atoms with Gasteiger partial charge >= 0.3 is 5.97 Å². The number of nitrogens with one attached hydrogen (secondary N) is 2. The largest absolute Gasteiger partial charge is 0.462 e. The highest BCUT2D eigenvalue weighted by Gasteiger charge is 2.19. The maximum Gasteiger partial charge on any atom is 0.325 e. The zero-order valence-electron chi connectivity index (χ0n) is 15.0. The van der Waals surface area contributed by atoms with Crippen molar-refractivity contribution >= 4 is 50.8 Å². The lowest BCUT2D eigenvalue weighted by Gasteiger charge is -2.11. The van der Waals surface area contributed by atoms with Crippen LogP contribution >= 0.6 is 23.2 Å². The Morgan fingerprint density at radius 2 is 1.71 bits per heavy atom. The number of hydrogen-bond donors (Lipinski definition) is 2. The molecule has 2 N–H and O–H groups in total. The van der Waals surface area contributed by atoms with Gasteiger partial charge in [-0.15, -0.1) is 0 Å². The van der Waals surface area contributed by atoms with E-state index in [1.807, 2.05) is 0 Å². The van der Waals surface area contributed by atoms with Gasteiger partial charge in [-0.05, 0) is 56.3 Å². The van der Waals surface area contributed by atoms with Gasteiger partial charge in [-0.2, -0.15) is 0 Å². The van der Waals surface area contributed by atoms with E-state index in [1.165, 1.54) is 42.5 Å². The first-order chi connectivity index (χ1) is 13.1. The molecule has 10 heteroatoms. The van der Waals surface area contributed by atoms with Gasteiger partial charge in [0.05, 0.1) is 11.1 Å². The average molecular weight is 445 g/mol. The van der Waals surface area contributed by atoms with Crippen molar-refractivity contribution in [2.75, 3.05) is 11.3 Å². The van der Waals surface area contributed by atoms with Crippen LogP contribution in [-0.4, -0.2) is 32.9 Å². The molecule has 0 spiro atoms. The number of carbonyl (C=O) groups excluding carboxylic acids is 2. The zero-order chi connectivity index (χ0) is 20.9. The number of benzene rings is 2. The summed E-state index contributed by atoms with van der Waals surface area (Å²) in [5, 5.41) is 2.69. The fourth-order valence-electron chi connectivity index (χ4n) is 2.14.